The summed E-state index contributed by atoms with van der Waals surface area (Å²) in [4.78, 5) is 41.0. The maximum Gasteiger partial charge on any atom is 0.338 e. The first-order chi connectivity index (χ1) is 12.6. The Kier molecular flexibility index (Phi) is 5.65. The van der Waals surface area contributed by atoms with Crippen LogP contribution in [0, 0.1) is 0 Å². The summed E-state index contributed by atoms with van der Waals surface area (Å²) in [6, 6.07) is 4.71. The number of benzene rings is 1. The van der Waals surface area contributed by atoms with E-state index in [2.05, 4.69) is 10.3 Å². The molecule has 2 heterocycles. The summed E-state index contributed by atoms with van der Waals surface area (Å²) in [5, 5.41) is 3.14. The Morgan fingerprint density at radius 3 is 2.92 bits per heavy atom. The first-order valence-electron chi connectivity index (χ1n) is 9.07. The molecule has 0 saturated heterocycles. The van der Waals surface area contributed by atoms with Crippen molar-refractivity contribution in [2.45, 2.75) is 45.6 Å². The van der Waals surface area contributed by atoms with E-state index in [1.54, 1.807) is 22.8 Å². The molecule has 7 nitrogen and oxygen atoms in total. The summed E-state index contributed by atoms with van der Waals surface area (Å²) >= 11 is 0. The Hall–Kier alpha value is -2.70. The predicted octanol–water partition coefficient (Wildman–Crippen LogP) is 1.81. The van der Waals surface area contributed by atoms with Gasteiger partial charge in [0.2, 0.25) is 0 Å². The highest BCUT2D eigenvalue weighted by Crippen LogP contribution is 2.16. The topological polar surface area (TPSA) is 90.3 Å². The molecular weight excluding hydrogens is 334 g/mol. The van der Waals surface area contributed by atoms with E-state index in [-0.39, 0.29) is 23.6 Å². The number of aromatic nitrogens is 2. The molecule has 0 saturated carbocycles. The molecule has 1 aromatic carbocycles. The molecule has 0 spiro atoms. The number of esters is 1. The van der Waals surface area contributed by atoms with Gasteiger partial charge in [-0.25, -0.2) is 9.78 Å². The fraction of sp³-hybridized carbons (Fsp3) is 0.474. The van der Waals surface area contributed by atoms with Gasteiger partial charge in [0.15, 0.2) is 6.61 Å². The SMILES string of the molecule is CCCNC(=O)COC(=O)c1ccc2c(=O)n3c(nc2c1)CCCCC3. The van der Waals surface area contributed by atoms with Gasteiger partial charge in [0.1, 0.15) is 5.82 Å². The van der Waals surface area contributed by atoms with E-state index in [1.165, 1.54) is 0 Å². The van der Waals surface area contributed by atoms with Crippen molar-refractivity contribution in [3.8, 4) is 0 Å². The molecule has 1 N–H and O–H groups in total. The third kappa shape index (κ3) is 3.92. The minimum atomic E-state index is -0.601. The van der Waals surface area contributed by atoms with E-state index in [0.717, 1.165) is 37.9 Å². The molecule has 3 rings (SSSR count). The third-order valence-corrected chi connectivity index (χ3v) is 4.46. The van der Waals surface area contributed by atoms with Crippen LogP contribution in [0.25, 0.3) is 10.9 Å². The zero-order valence-electron chi connectivity index (χ0n) is 14.9. The fourth-order valence-electron chi connectivity index (χ4n) is 3.08. The molecule has 1 amide bonds. The largest absolute Gasteiger partial charge is 0.452 e. The van der Waals surface area contributed by atoms with E-state index in [0.29, 0.717) is 24.0 Å². The molecule has 1 aliphatic heterocycles. The van der Waals surface area contributed by atoms with E-state index in [9.17, 15) is 14.4 Å². The van der Waals surface area contributed by atoms with Crippen LogP contribution in [0.15, 0.2) is 23.0 Å². The minimum absolute atomic E-state index is 0.0641. The number of hydrogen-bond donors (Lipinski definition) is 1. The van der Waals surface area contributed by atoms with E-state index in [1.807, 2.05) is 6.92 Å². The maximum absolute atomic E-state index is 12.7. The zero-order chi connectivity index (χ0) is 18.5. The molecule has 0 atom stereocenters. The Balaban J connectivity index is 1.81. The van der Waals surface area contributed by atoms with E-state index < -0.39 is 5.97 Å². The summed E-state index contributed by atoms with van der Waals surface area (Å²) in [6.07, 6.45) is 4.64. The van der Waals surface area contributed by atoms with Gasteiger partial charge in [-0.2, -0.15) is 0 Å². The van der Waals surface area contributed by atoms with Crippen molar-refractivity contribution in [2.75, 3.05) is 13.2 Å². The van der Waals surface area contributed by atoms with Crippen LogP contribution in [-0.2, 0) is 22.5 Å². The summed E-state index contributed by atoms with van der Waals surface area (Å²) < 4.78 is 6.78. The highest BCUT2D eigenvalue weighted by atomic mass is 16.5. The molecule has 26 heavy (non-hydrogen) atoms. The standard InChI is InChI=1S/C19H23N3O4/c1-2-9-20-17(23)12-26-19(25)13-7-8-14-15(11-13)21-16-6-4-3-5-10-22(16)18(14)24/h7-8,11H,2-6,9-10,12H2,1H3,(H,20,23). The van der Waals surface area contributed by atoms with Crippen molar-refractivity contribution in [3.63, 3.8) is 0 Å². The van der Waals surface area contributed by atoms with Crippen LogP contribution in [0.3, 0.4) is 0 Å². The molecule has 1 aliphatic rings. The molecule has 1 aromatic heterocycles. The van der Waals surface area contributed by atoms with Crippen molar-refractivity contribution in [3.05, 3.63) is 39.9 Å². The van der Waals surface area contributed by atoms with Gasteiger partial charge in [-0.3, -0.25) is 14.2 Å². The Bertz CT molecular complexity index is 888. The van der Waals surface area contributed by atoms with Crippen LogP contribution in [0.1, 0.15) is 48.8 Å². The fourth-order valence-corrected chi connectivity index (χ4v) is 3.08. The van der Waals surface area contributed by atoms with Gasteiger partial charge in [-0.15, -0.1) is 0 Å². The predicted molar refractivity (Wildman–Crippen MR) is 97.1 cm³/mol. The van der Waals surface area contributed by atoms with Crippen molar-refractivity contribution < 1.29 is 14.3 Å². The highest BCUT2D eigenvalue weighted by Gasteiger charge is 2.16. The molecule has 7 heteroatoms. The number of fused-ring (bicyclic) bond motifs is 2. The Labute approximate surface area is 151 Å². The van der Waals surface area contributed by atoms with Crippen molar-refractivity contribution in [2.24, 2.45) is 0 Å². The summed E-state index contributed by atoms with van der Waals surface area (Å²) in [7, 11) is 0. The van der Waals surface area contributed by atoms with Gasteiger partial charge in [-0.1, -0.05) is 13.3 Å². The monoisotopic (exact) mass is 357 g/mol. The second-order valence-electron chi connectivity index (χ2n) is 6.45. The number of hydrogen-bond acceptors (Lipinski definition) is 5. The Morgan fingerprint density at radius 2 is 2.12 bits per heavy atom. The van der Waals surface area contributed by atoms with Crippen LogP contribution in [0.2, 0.25) is 0 Å². The number of nitrogens with one attached hydrogen (secondary N) is 1. The number of nitrogens with zero attached hydrogens (tertiary/aromatic N) is 2. The number of carbonyl (C=O) groups excluding carboxylic acids is 2. The van der Waals surface area contributed by atoms with Gasteiger partial charge in [0.25, 0.3) is 11.5 Å². The second-order valence-corrected chi connectivity index (χ2v) is 6.45. The van der Waals surface area contributed by atoms with E-state index in [4.69, 9.17) is 4.74 Å². The molecule has 0 radical (unpaired) electrons. The second kappa shape index (κ2) is 8.12. The van der Waals surface area contributed by atoms with Crippen LogP contribution in [0.4, 0.5) is 0 Å². The summed E-state index contributed by atoms with van der Waals surface area (Å²) in [5.74, 6) is -0.164. The molecule has 0 fully saturated rings. The highest BCUT2D eigenvalue weighted by molar-refractivity contribution is 5.95. The molecule has 0 aliphatic carbocycles. The molecule has 0 unspecified atom stereocenters. The van der Waals surface area contributed by atoms with Crippen molar-refractivity contribution in [1.29, 1.82) is 0 Å². The molecular formula is C19H23N3O4. The van der Waals surface area contributed by atoms with Gasteiger partial charge in [0.05, 0.1) is 16.5 Å². The first-order valence-corrected chi connectivity index (χ1v) is 9.07. The number of ether oxygens (including phenoxy) is 1. The Morgan fingerprint density at radius 1 is 1.27 bits per heavy atom. The van der Waals surface area contributed by atoms with Gasteiger partial charge in [-0.05, 0) is 37.5 Å². The third-order valence-electron chi connectivity index (χ3n) is 4.46. The number of aryl methyl sites for hydroxylation is 1. The molecule has 0 bridgehead atoms. The maximum atomic E-state index is 12.7. The normalized spacial score (nSPS) is 13.7. The van der Waals surface area contributed by atoms with Crippen LogP contribution >= 0.6 is 0 Å². The van der Waals surface area contributed by atoms with Gasteiger partial charge < -0.3 is 10.1 Å². The quantitative estimate of drug-likeness (QED) is 0.824. The van der Waals surface area contributed by atoms with Crippen molar-refractivity contribution in [1.82, 2.24) is 14.9 Å². The number of amides is 1. The number of rotatable bonds is 5. The van der Waals surface area contributed by atoms with Crippen molar-refractivity contribution >= 4 is 22.8 Å². The van der Waals surface area contributed by atoms with Crippen LogP contribution in [0.5, 0.6) is 0 Å². The van der Waals surface area contributed by atoms with Crippen LogP contribution in [-0.4, -0.2) is 34.6 Å². The average Bonchev–Trinajstić information content (AvgIpc) is 2.89. The molecule has 2 aromatic rings. The first kappa shape index (κ1) is 18.1. The summed E-state index contributed by atoms with van der Waals surface area (Å²) in [5.41, 5.74) is 0.713. The minimum Gasteiger partial charge on any atom is -0.452 e. The number of carbonyl (C=O) groups is 2. The van der Waals surface area contributed by atoms with Crippen LogP contribution < -0.4 is 10.9 Å². The van der Waals surface area contributed by atoms with Gasteiger partial charge >= 0.3 is 5.97 Å². The lowest BCUT2D eigenvalue weighted by Crippen LogP contribution is -2.29. The smallest absolute Gasteiger partial charge is 0.338 e. The summed E-state index contributed by atoms with van der Waals surface area (Å²) in [6.45, 7) is 2.86. The lowest BCUT2D eigenvalue weighted by molar-refractivity contribution is -0.124. The zero-order valence-corrected chi connectivity index (χ0v) is 14.9. The lowest BCUT2D eigenvalue weighted by atomic mass is 10.1. The molecule has 138 valence electrons. The lowest BCUT2D eigenvalue weighted by Gasteiger charge is -2.11. The van der Waals surface area contributed by atoms with E-state index >= 15 is 0 Å². The average molecular weight is 357 g/mol. The van der Waals surface area contributed by atoms with Gasteiger partial charge in [0, 0.05) is 19.5 Å².